The van der Waals surface area contributed by atoms with Crippen LogP contribution in [0.2, 0.25) is 0 Å². The van der Waals surface area contributed by atoms with Crippen LogP contribution in [0.1, 0.15) is 27.9 Å². The molecule has 11 heteroatoms. The van der Waals surface area contributed by atoms with Crippen LogP contribution in [-0.4, -0.2) is 17.2 Å². The quantitative estimate of drug-likeness (QED) is 0.409. The van der Waals surface area contributed by atoms with E-state index in [9.17, 15) is 39.9 Å². The first-order valence-corrected chi connectivity index (χ1v) is 8.30. The molecule has 0 saturated heterocycles. The van der Waals surface area contributed by atoms with E-state index in [2.05, 4.69) is 0 Å². The number of rotatable bonds is 4. The standard InChI is InChI=1S/C17H8F8O2S/c18-8-3-7(15(19)20)4-9(5-8)27-11-1-2-12(28-17(23,24)25)13-10(11)6-16(21,22)14(13)26/h1-5,15H,6H2. The third-order valence-electron chi connectivity index (χ3n) is 3.79. The van der Waals surface area contributed by atoms with Gasteiger partial charge in [0, 0.05) is 34.1 Å². The zero-order chi connectivity index (χ0) is 20.9. The predicted molar refractivity (Wildman–Crippen MR) is 82.8 cm³/mol. The predicted octanol–water partition coefficient (Wildman–Crippen LogP) is 6.54. The SMILES string of the molecule is O=C1c2c(SC(F)(F)F)ccc(Oc3cc(F)cc(C(F)F)c3)c2CC1(F)F. The minimum atomic E-state index is -4.83. The van der Waals surface area contributed by atoms with E-state index in [1.807, 2.05) is 0 Å². The second-order valence-electron chi connectivity index (χ2n) is 5.80. The summed E-state index contributed by atoms with van der Waals surface area (Å²) in [5.41, 5.74) is -6.93. The number of ketones is 1. The van der Waals surface area contributed by atoms with Gasteiger partial charge in [-0.15, -0.1) is 0 Å². The Balaban J connectivity index is 2.06. The molecule has 0 atom stereocenters. The van der Waals surface area contributed by atoms with Crippen LogP contribution in [0.3, 0.4) is 0 Å². The number of hydrogen-bond donors (Lipinski definition) is 0. The maximum Gasteiger partial charge on any atom is 0.446 e. The second-order valence-corrected chi connectivity index (χ2v) is 6.90. The van der Waals surface area contributed by atoms with Crippen molar-refractivity contribution in [3.8, 4) is 11.5 Å². The minimum Gasteiger partial charge on any atom is -0.457 e. The van der Waals surface area contributed by atoms with E-state index < -0.39 is 80.7 Å². The number of ether oxygens (including phenoxy) is 1. The monoisotopic (exact) mass is 428 g/mol. The summed E-state index contributed by atoms with van der Waals surface area (Å²) in [5.74, 6) is -7.75. The third kappa shape index (κ3) is 4.08. The lowest BCUT2D eigenvalue weighted by Crippen LogP contribution is -2.24. The summed E-state index contributed by atoms with van der Waals surface area (Å²) in [6.07, 6.45) is -4.26. The molecule has 0 aromatic heterocycles. The maximum atomic E-state index is 13.8. The number of benzene rings is 2. The molecule has 2 nitrogen and oxygen atoms in total. The average molecular weight is 428 g/mol. The van der Waals surface area contributed by atoms with Gasteiger partial charge < -0.3 is 4.74 Å². The number of alkyl halides is 7. The number of carbonyl (C=O) groups excluding carboxylic acids is 1. The molecule has 0 N–H and O–H groups in total. The van der Waals surface area contributed by atoms with Crippen molar-refractivity contribution in [3.63, 3.8) is 0 Å². The number of hydrogen-bond acceptors (Lipinski definition) is 3. The van der Waals surface area contributed by atoms with Gasteiger partial charge in [-0.2, -0.15) is 22.0 Å². The van der Waals surface area contributed by atoms with Crippen molar-refractivity contribution in [1.82, 2.24) is 0 Å². The van der Waals surface area contributed by atoms with Crippen molar-refractivity contribution in [2.75, 3.05) is 0 Å². The Morgan fingerprint density at radius 2 is 1.79 bits per heavy atom. The fraction of sp³-hybridized carbons (Fsp3) is 0.235. The van der Waals surface area contributed by atoms with Gasteiger partial charge in [0.2, 0.25) is 5.78 Å². The van der Waals surface area contributed by atoms with E-state index in [1.54, 1.807) is 0 Å². The number of fused-ring (bicyclic) bond motifs is 1. The molecule has 0 saturated carbocycles. The first-order chi connectivity index (χ1) is 12.9. The molecule has 0 unspecified atom stereocenters. The summed E-state index contributed by atoms with van der Waals surface area (Å²) >= 11 is -0.734. The Labute approximate surface area is 156 Å². The Morgan fingerprint density at radius 3 is 2.39 bits per heavy atom. The Morgan fingerprint density at radius 1 is 1.11 bits per heavy atom. The molecule has 0 amide bonds. The molecule has 2 aromatic carbocycles. The molecule has 0 heterocycles. The molecule has 0 bridgehead atoms. The summed E-state index contributed by atoms with van der Waals surface area (Å²) in [7, 11) is 0. The highest BCUT2D eigenvalue weighted by Gasteiger charge is 2.50. The summed E-state index contributed by atoms with van der Waals surface area (Å²) in [4.78, 5) is 11.1. The Kier molecular flexibility index (Phi) is 5.07. The Bertz CT molecular complexity index is 939. The molecular formula is C17H8F8O2S. The summed E-state index contributed by atoms with van der Waals surface area (Å²) < 4.78 is 110. The highest BCUT2D eigenvalue weighted by Crippen LogP contribution is 2.48. The van der Waals surface area contributed by atoms with E-state index in [-0.39, 0.29) is 0 Å². The van der Waals surface area contributed by atoms with Crippen LogP contribution in [0.15, 0.2) is 35.2 Å². The minimum absolute atomic E-state index is 0.446. The zero-order valence-corrected chi connectivity index (χ0v) is 14.2. The van der Waals surface area contributed by atoms with Crippen LogP contribution in [0.5, 0.6) is 11.5 Å². The van der Waals surface area contributed by atoms with Gasteiger partial charge in [0.1, 0.15) is 17.3 Å². The molecule has 2 aromatic rings. The van der Waals surface area contributed by atoms with Crippen LogP contribution in [0.4, 0.5) is 35.1 Å². The first-order valence-electron chi connectivity index (χ1n) is 7.48. The summed E-state index contributed by atoms with van der Waals surface area (Å²) in [5, 5.41) is 0. The molecular weight excluding hydrogens is 420 g/mol. The van der Waals surface area contributed by atoms with Gasteiger partial charge in [0.25, 0.3) is 6.43 Å². The van der Waals surface area contributed by atoms with Crippen molar-refractivity contribution < 1.29 is 44.7 Å². The molecule has 150 valence electrons. The highest BCUT2D eigenvalue weighted by molar-refractivity contribution is 8.00. The highest BCUT2D eigenvalue weighted by atomic mass is 32.2. The van der Waals surface area contributed by atoms with Crippen molar-refractivity contribution >= 4 is 17.5 Å². The Hall–Kier alpha value is -2.30. The lowest BCUT2D eigenvalue weighted by Gasteiger charge is -2.14. The average Bonchev–Trinajstić information content (AvgIpc) is 2.79. The molecule has 0 spiro atoms. The van der Waals surface area contributed by atoms with E-state index in [1.165, 1.54) is 0 Å². The fourth-order valence-corrected chi connectivity index (χ4v) is 3.42. The largest absolute Gasteiger partial charge is 0.457 e. The van der Waals surface area contributed by atoms with Crippen molar-refractivity contribution in [1.29, 1.82) is 0 Å². The van der Waals surface area contributed by atoms with Gasteiger partial charge >= 0.3 is 11.4 Å². The van der Waals surface area contributed by atoms with E-state index >= 15 is 0 Å². The van der Waals surface area contributed by atoms with Gasteiger partial charge in [0.05, 0.1) is 0 Å². The van der Waals surface area contributed by atoms with Gasteiger partial charge in [0.15, 0.2) is 0 Å². The topological polar surface area (TPSA) is 26.3 Å². The van der Waals surface area contributed by atoms with Gasteiger partial charge in [-0.3, -0.25) is 4.79 Å². The van der Waals surface area contributed by atoms with Crippen LogP contribution in [0.25, 0.3) is 0 Å². The van der Waals surface area contributed by atoms with Crippen molar-refractivity contribution in [2.24, 2.45) is 0 Å². The first kappa shape index (κ1) is 20.4. The number of thioether (sulfide) groups is 1. The number of carbonyl (C=O) groups is 1. The molecule has 1 aliphatic rings. The molecule has 28 heavy (non-hydrogen) atoms. The van der Waals surface area contributed by atoms with Gasteiger partial charge in [-0.25, -0.2) is 13.2 Å². The number of Topliss-reactive ketones (excluding diaryl/α,β-unsaturated/α-hetero) is 1. The van der Waals surface area contributed by atoms with Crippen molar-refractivity contribution in [3.05, 3.63) is 52.8 Å². The van der Waals surface area contributed by atoms with E-state index in [0.29, 0.717) is 12.1 Å². The van der Waals surface area contributed by atoms with Gasteiger partial charge in [-0.05, 0) is 36.0 Å². The summed E-state index contributed by atoms with van der Waals surface area (Å²) in [6, 6.07) is 3.66. The smallest absolute Gasteiger partial charge is 0.446 e. The molecule has 0 aliphatic heterocycles. The van der Waals surface area contributed by atoms with Crippen LogP contribution >= 0.6 is 11.8 Å². The van der Waals surface area contributed by atoms with Crippen LogP contribution in [0, 0.1) is 5.82 Å². The van der Waals surface area contributed by atoms with Crippen molar-refractivity contribution in [2.45, 2.75) is 29.2 Å². The van der Waals surface area contributed by atoms with Gasteiger partial charge in [-0.1, -0.05) is 0 Å². The number of halogens is 8. The maximum absolute atomic E-state index is 13.8. The lowest BCUT2D eigenvalue weighted by molar-refractivity contribution is -0.0328. The lowest BCUT2D eigenvalue weighted by atomic mass is 10.1. The summed E-state index contributed by atoms with van der Waals surface area (Å²) in [6.45, 7) is 0. The van der Waals surface area contributed by atoms with Crippen LogP contribution in [-0.2, 0) is 6.42 Å². The molecule has 0 radical (unpaired) electrons. The third-order valence-corrected chi connectivity index (χ3v) is 4.58. The zero-order valence-electron chi connectivity index (χ0n) is 13.4. The second kappa shape index (κ2) is 6.94. The molecule has 0 fully saturated rings. The molecule has 3 rings (SSSR count). The molecule has 1 aliphatic carbocycles. The van der Waals surface area contributed by atoms with E-state index in [0.717, 1.165) is 18.2 Å². The fourth-order valence-electron chi connectivity index (χ4n) is 2.72. The van der Waals surface area contributed by atoms with E-state index in [4.69, 9.17) is 4.74 Å². The normalized spacial score (nSPS) is 15.8. The van der Waals surface area contributed by atoms with Crippen LogP contribution < -0.4 is 4.74 Å².